The molecule has 0 aliphatic rings. The first kappa shape index (κ1) is 32.9. The van der Waals surface area contributed by atoms with Crippen molar-refractivity contribution in [2.45, 2.75) is 77.4 Å². The SMILES string of the molecule is CCCC[C@H](N)C(=O)N[C@@H](Cc1ccc(O)cc1)C(=O)N[C@@H](CC(C)C)C(=O)NCCc1ccccc1.Cl. The first-order valence-electron chi connectivity index (χ1n) is 13.2. The van der Waals surface area contributed by atoms with Crippen LogP contribution in [0.3, 0.4) is 0 Å². The van der Waals surface area contributed by atoms with E-state index < -0.39 is 29.9 Å². The molecule has 0 spiro atoms. The van der Waals surface area contributed by atoms with E-state index in [1.165, 1.54) is 12.1 Å². The second-order valence-electron chi connectivity index (χ2n) is 9.90. The van der Waals surface area contributed by atoms with E-state index in [0.717, 1.165) is 24.0 Å². The summed E-state index contributed by atoms with van der Waals surface area (Å²) in [7, 11) is 0. The number of unbranched alkanes of at least 4 members (excludes halogenated alkanes) is 1. The minimum atomic E-state index is -0.920. The van der Waals surface area contributed by atoms with E-state index in [4.69, 9.17) is 5.73 Å². The predicted molar refractivity (Wildman–Crippen MR) is 153 cm³/mol. The lowest BCUT2D eigenvalue weighted by Crippen LogP contribution is -2.56. The predicted octanol–water partition coefficient (Wildman–Crippen LogP) is 3.25. The zero-order valence-corrected chi connectivity index (χ0v) is 23.4. The van der Waals surface area contributed by atoms with Crippen molar-refractivity contribution in [3.8, 4) is 5.75 Å². The number of phenolic OH excluding ortho intramolecular Hbond substituents is 1. The van der Waals surface area contributed by atoms with Gasteiger partial charge in [0, 0.05) is 13.0 Å². The number of carbonyl (C=O) groups excluding carboxylic acids is 3. The summed E-state index contributed by atoms with van der Waals surface area (Å²) in [5.74, 6) is -0.835. The van der Waals surface area contributed by atoms with Crippen molar-refractivity contribution in [2.75, 3.05) is 6.54 Å². The summed E-state index contributed by atoms with van der Waals surface area (Å²) in [4.78, 5) is 39.1. The average Bonchev–Trinajstić information content (AvgIpc) is 2.87. The highest BCUT2D eigenvalue weighted by molar-refractivity contribution is 5.93. The maximum atomic E-state index is 13.4. The standard InChI is InChI=1S/C29H42N4O4.ClH/c1-4-5-11-24(30)27(35)32-26(19-22-12-14-23(34)15-13-22)29(37)33-25(18-20(2)3)28(36)31-17-16-21-9-7-6-8-10-21;/h6-10,12-15,20,24-26,34H,4-5,11,16-19,30H2,1-3H3,(H,31,36)(H,32,35)(H,33,37);1H/t24-,25-,26-;/m0./s1. The third kappa shape index (κ3) is 12.0. The number of phenols is 1. The number of nitrogens with one attached hydrogen (secondary N) is 3. The minimum absolute atomic E-state index is 0. The Balaban J connectivity index is 0.00000722. The van der Waals surface area contributed by atoms with E-state index in [0.29, 0.717) is 25.8 Å². The Morgan fingerprint density at radius 1 is 0.868 bits per heavy atom. The molecule has 0 saturated carbocycles. The number of hydrogen-bond acceptors (Lipinski definition) is 5. The molecule has 8 nitrogen and oxygen atoms in total. The van der Waals surface area contributed by atoms with Gasteiger partial charge in [0.05, 0.1) is 6.04 Å². The van der Waals surface area contributed by atoms with Crippen molar-refractivity contribution in [3.05, 3.63) is 65.7 Å². The fraction of sp³-hybridized carbons (Fsp3) is 0.483. The highest BCUT2D eigenvalue weighted by Crippen LogP contribution is 2.13. The van der Waals surface area contributed by atoms with Gasteiger partial charge in [0.15, 0.2) is 0 Å². The van der Waals surface area contributed by atoms with Gasteiger partial charge in [0.1, 0.15) is 17.8 Å². The molecule has 6 N–H and O–H groups in total. The summed E-state index contributed by atoms with van der Waals surface area (Å²) >= 11 is 0. The molecule has 0 fully saturated rings. The summed E-state index contributed by atoms with van der Waals surface area (Å²) in [5.41, 5.74) is 7.91. The quantitative estimate of drug-likeness (QED) is 0.234. The van der Waals surface area contributed by atoms with Crippen molar-refractivity contribution >= 4 is 30.1 Å². The topological polar surface area (TPSA) is 134 Å². The molecule has 0 saturated heterocycles. The third-order valence-electron chi connectivity index (χ3n) is 6.11. The molecule has 210 valence electrons. The van der Waals surface area contributed by atoms with E-state index in [9.17, 15) is 19.5 Å². The van der Waals surface area contributed by atoms with Gasteiger partial charge in [-0.15, -0.1) is 12.4 Å². The zero-order chi connectivity index (χ0) is 27.2. The van der Waals surface area contributed by atoms with Gasteiger partial charge in [-0.2, -0.15) is 0 Å². The van der Waals surface area contributed by atoms with Crippen LogP contribution in [0.1, 0.15) is 57.6 Å². The van der Waals surface area contributed by atoms with Gasteiger partial charge in [-0.3, -0.25) is 14.4 Å². The van der Waals surface area contributed by atoms with Crippen LogP contribution in [-0.4, -0.2) is 47.5 Å². The Morgan fingerprint density at radius 2 is 1.50 bits per heavy atom. The molecule has 38 heavy (non-hydrogen) atoms. The number of rotatable bonds is 15. The van der Waals surface area contributed by atoms with Crippen LogP contribution < -0.4 is 21.7 Å². The maximum Gasteiger partial charge on any atom is 0.243 e. The fourth-order valence-electron chi connectivity index (χ4n) is 3.98. The van der Waals surface area contributed by atoms with Crippen LogP contribution in [0.2, 0.25) is 0 Å². The Kier molecular flexibility index (Phi) is 15.1. The summed E-state index contributed by atoms with van der Waals surface area (Å²) < 4.78 is 0. The van der Waals surface area contributed by atoms with Crippen molar-refractivity contribution in [2.24, 2.45) is 11.7 Å². The number of aromatic hydroxyl groups is 1. The largest absolute Gasteiger partial charge is 0.508 e. The summed E-state index contributed by atoms with van der Waals surface area (Å²) in [6, 6.07) is 13.9. The molecule has 0 bridgehead atoms. The molecule has 2 rings (SSSR count). The fourth-order valence-corrected chi connectivity index (χ4v) is 3.98. The van der Waals surface area contributed by atoms with E-state index >= 15 is 0 Å². The first-order chi connectivity index (χ1) is 17.7. The van der Waals surface area contributed by atoms with Crippen LogP contribution in [0.25, 0.3) is 0 Å². The molecular formula is C29H43ClN4O4. The van der Waals surface area contributed by atoms with E-state index in [1.807, 2.05) is 51.1 Å². The smallest absolute Gasteiger partial charge is 0.243 e. The number of amides is 3. The number of carbonyl (C=O) groups is 3. The Morgan fingerprint density at radius 3 is 2.11 bits per heavy atom. The number of hydrogen-bond donors (Lipinski definition) is 5. The van der Waals surface area contributed by atoms with Crippen LogP contribution in [0.5, 0.6) is 5.75 Å². The van der Waals surface area contributed by atoms with Crippen LogP contribution in [0, 0.1) is 5.92 Å². The van der Waals surface area contributed by atoms with E-state index in [-0.39, 0.29) is 36.4 Å². The van der Waals surface area contributed by atoms with E-state index in [1.54, 1.807) is 12.1 Å². The molecule has 0 unspecified atom stereocenters. The highest BCUT2D eigenvalue weighted by Gasteiger charge is 2.28. The van der Waals surface area contributed by atoms with Gasteiger partial charge in [0.2, 0.25) is 17.7 Å². The maximum absolute atomic E-state index is 13.4. The zero-order valence-electron chi connectivity index (χ0n) is 22.6. The molecule has 2 aromatic carbocycles. The van der Waals surface area contributed by atoms with Crippen LogP contribution >= 0.6 is 12.4 Å². The molecule has 0 radical (unpaired) electrons. The normalized spacial score (nSPS) is 13.1. The minimum Gasteiger partial charge on any atom is -0.508 e. The first-order valence-corrected chi connectivity index (χ1v) is 13.2. The lowest BCUT2D eigenvalue weighted by Gasteiger charge is -2.25. The third-order valence-corrected chi connectivity index (χ3v) is 6.11. The van der Waals surface area contributed by atoms with Crippen LogP contribution in [0.4, 0.5) is 0 Å². The Hall–Kier alpha value is -3.10. The lowest BCUT2D eigenvalue weighted by molar-refractivity contribution is -0.132. The molecule has 3 amide bonds. The van der Waals surface area contributed by atoms with Crippen LogP contribution in [0.15, 0.2) is 54.6 Å². The van der Waals surface area contributed by atoms with Gasteiger partial charge < -0.3 is 26.8 Å². The second kappa shape index (κ2) is 17.4. The van der Waals surface area contributed by atoms with Crippen molar-refractivity contribution in [1.82, 2.24) is 16.0 Å². The van der Waals surface area contributed by atoms with Crippen molar-refractivity contribution in [1.29, 1.82) is 0 Å². The van der Waals surface area contributed by atoms with Gasteiger partial charge >= 0.3 is 0 Å². The molecule has 0 heterocycles. The molecule has 2 aromatic rings. The Labute approximate surface area is 232 Å². The molecule has 0 aromatic heterocycles. The van der Waals surface area contributed by atoms with Gasteiger partial charge in [-0.25, -0.2) is 0 Å². The van der Waals surface area contributed by atoms with Gasteiger partial charge in [0.25, 0.3) is 0 Å². The lowest BCUT2D eigenvalue weighted by atomic mass is 10.0. The van der Waals surface area contributed by atoms with Crippen molar-refractivity contribution in [3.63, 3.8) is 0 Å². The number of nitrogens with two attached hydrogens (primary N) is 1. The molecule has 0 aliphatic heterocycles. The number of benzene rings is 2. The highest BCUT2D eigenvalue weighted by atomic mass is 35.5. The van der Waals surface area contributed by atoms with E-state index in [2.05, 4.69) is 16.0 Å². The van der Waals surface area contributed by atoms with Gasteiger partial charge in [-0.1, -0.05) is 76.1 Å². The summed E-state index contributed by atoms with van der Waals surface area (Å²) in [5, 5.41) is 18.2. The van der Waals surface area contributed by atoms with Gasteiger partial charge in [-0.05, 0) is 48.4 Å². The Bertz CT molecular complexity index is 986. The number of halogens is 1. The molecule has 3 atom stereocenters. The average molecular weight is 547 g/mol. The second-order valence-corrected chi connectivity index (χ2v) is 9.90. The molecular weight excluding hydrogens is 504 g/mol. The monoisotopic (exact) mass is 546 g/mol. The summed E-state index contributed by atoms with van der Waals surface area (Å²) in [6.45, 7) is 6.44. The molecule has 0 aliphatic carbocycles. The molecule has 9 heteroatoms. The van der Waals surface area contributed by atoms with Crippen LogP contribution in [-0.2, 0) is 27.2 Å². The van der Waals surface area contributed by atoms with Crippen molar-refractivity contribution < 1.29 is 19.5 Å². The summed E-state index contributed by atoms with van der Waals surface area (Å²) in [6.07, 6.45) is 3.58.